The highest BCUT2D eigenvalue weighted by molar-refractivity contribution is 7.98. The SMILES string of the molecule is CCOc1ccccc1N(CC(=O)N(Cc1ccccc1F)[C@@H](Cc1ccccc1)C(=O)NC)S(=O)(=O)c1ccc(SC)cc1. The molecule has 8 nitrogen and oxygen atoms in total. The molecule has 236 valence electrons. The van der Waals surface area contributed by atoms with Crippen molar-refractivity contribution in [2.45, 2.75) is 35.7 Å². The van der Waals surface area contributed by atoms with Gasteiger partial charge in [-0.3, -0.25) is 13.9 Å². The van der Waals surface area contributed by atoms with Crippen LogP contribution in [0.5, 0.6) is 5.75 Å². The fraction of sp³-hybridized carbons (Fsp3) is 0.235. The summed E-state index contributed by atoms with van der Waals surface area (Å²) in [7, 11) is -2.86. The highest BCUT2D eigenvalue weighted by Crippen LogP contribution is 2.33. The molecule has 0 saturated heterocycles. The molecular formula is C34H36FN3O5S2. The molecule has 0 aliphatic heterocycles. The average molecular weight is 650 g/mol. The summed E-state index contributed by atoms with van der Waals surface area (Å²) in [5.41, 5.74) is 1.12. The average Bonchev–Trinajstić information content (AvgIpc) is 3.06. The number of benzene rings is 4. The first-order valence-electron chi connectivity index (χ1n) is 14.4. The first kappa shape index (κ1) is 33.5. The van der Waals surface area contributed by atoms with E-state index in [0.29, 0.717) is 0 Å². The third-order valence-electron chi connectivity index (χ3n) is 7.18. The summed E-state index contributed by atoms with van der Waals surface area (Å²) in [5, 5.41) is 2.62. The zero-order valence-electron chi connectivity index (χ0n) is 25.4. The van der Waals surface area contributed by atoms with Crippen molar-refractivity contribution in [1.82, 2.24) is 10.2 Å². The molecule has 45 heavy (non-hydrogen) atoms. The van der Waals surface area contributed by atoms with Crippen molar-refractivity contribution in [2.24, 2.45) is 0 Å². The Morgan fingerprint density at radius 1 is 0.911 bits per heavy atom. The molecule has 4 aromatic carbocycles. The smallest absolute Gasteiger partial charge is 0.264 e. The van der Waals surface area contributed by atoms with Crippen molar-refractivity contribution in [3.05, 3.63) is 120 Å². The number of amides is 2. The van der Waals surface area contributed by atoms with Gasteiger partial charge >= 0.3 is 0 Å². The molecule has 0 saturated carbocycles. The Balaban J connectivity index is 1.83. The first-order valence-corrected chi connectivity index (χ1v) is 17.0. The van der Waals surface area contributed by atoms with Gasteiger partial charge in [0, 0.05) is 30.5 Å². The first-order chi connectivity index (χ1) is 21.7. The fourth-order valence-corrected chi connectivity index (χ4v) is 6.69. The van der Waals surface area contributed by atoms with Crippen LogP contribution >= 0.6 is 11.8 Å². The maximum Gasteiger partial charge on any atom is 0.264 e. The van der Waals surface area contributed by atoms with Gasteiger partial charge in [-0.25, -0.2) is 12.8 Å². The second-order valence-corrected chi connectivity index (χ2v) is 12.8. The number of thioether (sulfide) groups is 1. The highest BCUT2D eigenvalue weighted by atomic mass is 32.2. The van der Waals surface area contributed by atoms with Crippen molar-refractivity contribution < 1.29 is 27.1 Å². The van der Waals surface area contributed by atoms with Gasteiger partial charge in [0.15, 0.2) is 0 Å². The molecule has 0 aromatic heterocycles. The molecule has 0 spiro atoms. The van der Waals surface area contributed by atoms with Gasteiger partial charge in [-0.1, -0.05) is 60.7 Å². The van der Waals surface area contributed by atoms with Gasteiger partial charge in [0.05, 0.1) is 17.2 Å². The summed E-state index contributed by atoms with van der Waals surface area (Å²) < 4.78 is 50.3. The van der Waals surface area contributed by atoms with E-state index in [0.717, 1.165) is 14.8 Å². The summed E-state index contributed by atoms with van der Waals surface area (Å²) in [6.07, 6.45) is 2.01. The van der Waals surface area contributed by atoms with E-state index in [9.17, 15) is 22.4 Å². The zero-order chi connectivity index (χ0) is 32.4. The third kappa shape index (κ3) is 8.23. The van der Waals surface area contributed by atoms with Gasteiger partial charge in [0.1, 0.15) is 24.2 Å². The Morgan fingerprint density at radius 3 is 2.20 bits per heavy atom. The molecule has 4 aromatic rings. The number of sulfonamides is 1. The lowest BCUT2D eigenvalue weighted by molar-refractivity contribution is -0.139. The number of halogens is 1. The molecule has 1 N–H and O–H groups in total. The van der Waals surface area contributed by atoms with E-state index >= 15 is 0 Å². The second kappa shape index (κ2) is 15.6. The Hall–Kier alpha value is -4.35. The van der Waals surface area contributed by atoms with E-state index in [1.807, 2.05) is 36.6 Å². The van der Waals surface area contributed by atoms with Gasteiger partial charge in [-0.15, -0.1) is 11.8 Å². The van der Waals surface area contributed by atoms with E-state index in [1.54, 1.807) is 49.4 Å². The monoisotopic (exact) mass is 649 g/mol. The van der Waals surface area contributed by atoms with Crippen LogP contribution in [0.2, 0.25) is 0 Å². The lowest BCUT2D eigenvalue weighted by Gasteiger charge is -2.34. The number of nitrogens with one attached hydrogen (secondary N) is 1. The van der Waals surface area contributed by atoms with Crippen molar-refractivity contribution in [1.29, 1.82) is 0 Å². The Bertz CT molecular complexity index is 1700. The van der Waals surface area contributed by atoms with E-state index in [-0.39, 0.29) is 41.5 Å². The van der Waals surface area contributed by atoms with Crippen LogP contribution in [0.1, 0.15) is 18.1 Å². The van der Waals surface area contributed by atoms with Crippen LogP contribution in [0.3, 0.4) is 0 Å². The molecule has 2 amide bonds. The normalized spacial score (nSPS) is 11.8. The maximum atomic E-state index is 15.0. The Labute approximate surface area is 268 Å². The van der Waals surface area contributed by atoms with E-state index in [4.69, 9.17) is 4.74 Å². The number of likely N-dealkylation sites (N-methyl/N-ethyl adjacent to an activating group) is 1. The summed E-state index contributed by atoms with van der Waals surface area (Å²) in [4.78, 5) is 29.9. The largest absolute Gasteiger partial charge is 0.492 e. The quantitative estimate of drug-likeness (QED) is 0.181. The maximum absolute atomic E-state index is 15.0. The van der Waals surface area contributed by atoms with Gasteiger partial charge in [0.25, 0.3) is 10.0 Å². The number of anilines is 1. The topological polar surface area (TPSA) is 96.0 Å². The molecular weight excluding hydrogens is 614 g/mol. The van der Waals surface area contributed by atoms with Crippen molar-refractivity contribution in [3.63, 3.8) is 0 Å². The van der Waals surface area contributed by atoms with Crippen LogP contribution < -0.4 is 14.4 Å². The molecule has 0 bridgehead atoms. The molecule has 0 fully saturated rings. The number of hydrogen-bond donors (Lipinski definition) is 1. The Kier molecular flexibility index (Phi) is 11.6. The highest BCUT2D eigenvalue weighted by Gasteiger charge is 2.35. The van der Waals surface area contributed by atoms with E-state index < -0.39 is 40.2 Å². The number of carbonyl (C=O) groups is 2. The Morgan fingerprint density at radius 2 is 1.56 bits per heavy atom. The number of carbonyl (C=O) groups excluding carboxylic acids is 2. The number of ether oxygens (including phenoxy) is 1. The molecule has 4 rings (SSSR count). The van der Waals surface area contributed by atoms with Crippen LogP contribution in [0.25, 0.3) is 0 Å². The minimum absolute atomic E-state index is 0.0211. The van der Waals surface area contributed by atoms with Crippen LogP contribution in [-0.4, -0.2) is 57.6 Å². The molecule has 0 unspecified atom stereocenters. The third-order valence-corrected chi connectivity index (χ3v) is 9.69. The van der Waals surface area contributed by atoms with Crippen LogP contribution in [-0.2, 0) is 32.6 Å². The summed E-state index contributed by atoms with van der Waals surface area (Å²) >= 11 is 1.47. The van der Waals surface area contributed by atoms with E-state index in [2.05, 4.69) is 5.32 Å². The second-order valence-electron chi connectivity index (χ2n) is 10.0. The fourth-order valence-electron chi connectivity index (χ4n) is 4.86. The van der Waals surface area contributed by atoms with Crippen LogP contribution in [0.4, 0.5) is 10.1 Å². The molecule has 11 heteroatoms. The number of nitrogens with zero attached hydrogens (tertiary/aromatic N) is 2. The zero-order valence-corrected chi connectivity index (χ0v) is 27.0. The van der Waals surface area contributed by atoms with Gasteiger partial charge < -0.3 is 15.0 Å². The lowest BCUT2D eigenvalue weighted by atomic mass is 10.0. The molecule has 0 heterocycles. The molecule has 0 aliphatic carbocycles. The number of rotatable bonds is 14. The molecule has 0 aliphatic rings. The minimum atomic E-state index is -4.32. The van der Waals surface area contributed by atoms with Gasteiger partial charge in [0.2, 0.25) is 11.8 Å². The molecule has 1 atom stereocenters. The van der Waals surface area contributed by atoms with E-state index in [1.165, 1.54) is 54.0 Å². The predicted molar refractivity (Wildman–Crippen MR) is 175 cm³/mol. The molecule has 0 radical (unpaired) electrons. The minimum Gasteiger partial charge on any atom is -0.492 e. The van der Waals surface area contributed by atoms with Crippen molar-refractivity contribution in [3.8, 4) is 5.75 Å². The van der Waals surface area contributed by atoms with Gasteiger partial charge in [-0.2, -0.15) is 0 Å². The summed E-state index contributed by atoms with van der Waals surface area (Å²) in [6.45, 7) is 1.10. The van der Waals surface area contributed by atoms with Gasteiger partial charge in [-0.05, 0) is 61.2 Å². The lowest BCUT2D eigenvalue weighted by Crippen LogP contribution is -2.53. The number of hydrogen-bond acceptors (Lipinski definition) is 6. The predicted octanol–water partition coefficient (Wildman–Crippen LogP) is 5.53. The van der Waals surface area contributed by atoms with Crippen LogP contribution in [0, 0.1) is 5.82 Å². The number of para-hydroxylation sites is 2. The van der Waals surface area contributed by atoms with Crippen molar-refractivity contribution in [2.75, 3.05) is 30.8 Å². The summed E-state index contributed by atoms with van der Waals surface area (Å²) in [6, 6.07) is 27.0. The van der Waals surface area contributed by atoms with Crippen molar-refractivity contribution >= 4 is 39.3 Å². The standard InChI is InChI=1S/C34H36FN3O5S2/c1-4-43-32-17-11-10-16-30(32)38(45(41,42)28-20-18-27(44-3)19-21-28)24-33(39)37(23-26-14-8-9-15-29(26)35)31(34(40)36-2)22-25-12-6-5-7-13-25/h5-21,31H,4,22-24H2,1-3H3,(H,36,40)/t31-/m0/s1. The summed E-state index contributed by atoms with van der Waals surface area (Å²) in [5.74, 6) is -1.45. The van der Waals surface area contributed by atoms with Crippen LogP contribution in [0.15, 0.2) is 113 Å².